The van der Waals surface area contributed by atoms with Gasteiger partial charge in [-0.05, 0) is 32.3 Å². The van der Waals surface area contributed by atoms with Gasteiger partial charge in [-0.15, -0.1) is 0 Å². The fourth-order valence-electron chi connectivity index (χ4n) is 7.94. The van der Waals surface area contributed by atoms with E-state index in [2.05, 4.69) is 5.32 Å². The van der Waals surface area contributed by atoms with Crippen LogP contribution in [0.25, 0.3) is 10.8 Å². The Balaban J connectivity index is 1.48. The summed E-state index contributed by atoms with van der Waals surface area (Å²) in [6.07, 6.45) is -1.28. The smallest absolute Gasteiger partial charge is 0.312 e. The molecule has 1 fully saturated rings. The third kappa shape index (κ3) is 5.86. The molecule has 6 bridgehead atoms. The van der Waals surface area contributed by atoms with Crippen LogP contribution in [0.15, 0.2) is 18.4 Å². The zero-order valence-electron chi connectivity index (χ0n) is 29.8. The van der Waals surface area contributed by atoms with Crippen LogP contribution >= 0.6 is 0 Å². The van der Waals surface area contributed by atoms with Crippen molar-refractivity contribution in [1.82, 2.24) is 0 Å². The molecule has 3 aliphatic heterocycles. The van der Waals surface area contributed by atoms with Gasteiger partial charge in [-0.3, -0.25) is 19.2 Å². The molecule has 1 amide bonds. The van der Waals surface area contributed by atoms with Gasteiger partial charge in [-0.25, -0.2) is 0 Å². The fourth-order valence-corrected chi connectivity index (χ4v) is 7.94. The van der Waals surface area contributed by atoms with E-state index in [-0.39, 0.29) is 50.6 Å². The maximum absolute atomic E-state index is 14.1. The van der Waals surface area contributed by atoms with E-state index in [1.807, 2.05) is 0 Å². The van der Waals surface area contributed by atoms with Gasteiger partial charge in [0.2, 0.25) is 0 Å². The number of carbonyl (C=O) groups excluding carboxylic acids is 4. The SMILES string of the molecule is CO[C@H]1C=CO[C@@]2(C)Oc3c(C)c(O)c4c5c(cc(O)c4c3C2=O)NC(=O)[C@](C)(CC(=O)[C@@H]2C[C@@H]2[C@H](O)[C@@H](C)[C@@H](O)[C@@H](C)[C@H](OC(C)=O)[C@@H]1C)O5. The quantitative estimate of drug-likeness (QED) is 0.282. The minimum atomic E-state index is -1.97. The summed E-state index contributed by atoms with van der Waals surface area (Å²) in [4.78, 5) is 53.5. The molecule has 2 aromatic rings. The molecule has 1 aliphatic carbocycles. The summed E-state index contributed by atoms with van der Waals surface area (Å²) in [5, 5.41) is 48.1. The molecule has 3 heterocycles. The van der Waals surface area contributed by atoms with Crippen molar-refractivity contribution in [3.05, 3.63) is 29.5 Å². The van der Waals surface area contributed by atoms with Gasteiger partial charge >= 0.3 is 11.8 Å². The maximum atomic E-state index is 14.1. The van der Waals surface area contributed by atoms with Crippen molar-refractivity contribution >= 4 is 39.9 Å². The number of carbonyl (C=O) groups is 4. The highest BCUT2D eigenvalue weighted by molar-refractivity contribution is 6.22. The van der Waals surface area contributed by atoms with E-state index in [1.54, 1.807) is 20.8 Å². The number of phenols is 2. The normalized spacial score (nSPS) is 36.4. The molecule has 11 atom stereocenters. The van der Waals surface area contributed by atoms with E-state index in [1.165, 1.54) is 53.2 Å². The molecule has 4 aliphatic rings. The minimum absolute atomic E-state index is 0.0239. The molecule has 51 heavy (non-hydrogen) atoms. The largest absolute Gasteiger partial charge is 0.507 e. The average molecular weight is 712 g/mol. The molecular weight excluding hydrogens is 666 g/mol. The summed E-state index contributed by atoms with van der Waals surface area (Å²) >= 11 is 0. The number of ketones is 2. The Morgan fingerprint density at radius 2 is 1.67 bits per heavy atom. The number of phenolic OH excluding ortho intramolecular Hbond substituents is 2. The third-order valence-electron chi connectivity index (χ3n) is 11.2. The van der Waals surface area contributed by atoms with Gasteiger partial charge in [-0.2, -0.15) is 0 Å². The Morgan fingerprint density at radius 3 is 2.31 bits per heavy atom. The van der Waals surface area contributed by atoms with Gasteiger partial charge in [0.25, 0.3) is 11.7 Å². The summed E-state index contributed by atoms with van der Waals surface area (Å²) < 4.78 is 29.6. The monoisotopic (exact) mass is 711 g/mol. The summed E-state index contributed by atoms with van der Waals surface area (Å²) in [5.41, 5.74) is -1.70. The number of benzene rings is 2. The van der Waals surface area contributed by atoms with Gasteiger partial charge < -0.3 is 49.4 Å². The van der Waals surface area contributed by atoms with Crippen LogP contribution in [-0.2, 0) is 28.6 Å². The number of esters is 1. The van der Waals surface area contributed by atoms with E-state index < -0.39 is 95.2 Å². The molecule has 0 unspecified atom stereocenters. The van der Waals surface area contributed by atoms with E-state index in [0.717, 1.165) is 0 Å². The molecule has 2 aromatic carbocycles. The van der Waals surface area contributed by atoms with Crippen LogP contribution in [0.4, 0.5) is 5.69 Å². The lowest BCUT2D eigenvalue weighted by Crippen LogP contribution is -2.50. The lowest BCUT2D eigenvalue weighted by atomic mass is 9.79. The zero-order chi connectivity index (χ0) is 37.5. The van der Waals surface area contributed by atoms with Gasteiger partial charge in [0, 0.05) is 61.6 Å². The highest BCUT2D eigenvalue weighted by Gasteiger charge is 2.54. The Morgan fingerprint density at radius 1 is 0.980 bits per heavy atom. The van der Waals surface area contributed by atoms with Crippen LogP contribution in [-0.4, -0.2) is 86.8 Å². The van der Waals surface area contributed by atoms with Crippen molar-refractivity contribution in [1.29, 1.82) is 0 Å². The van der Waals surface area contributed by atoms with Crippen LogP contribution < -0.4 is 14.8 Å². The second kappa shape index (κ2) is 12.7. The number of hydrogen-bond donors (Lipinski definition) is 5. The van der Waals surface area contributed by atoms with Crippen molar-refractivity contribution < 1.29 is 63.3 Å². The summed E-state index contributed by atoms with van der Waals surface area (Å²) in [5.74, 6) is -8.32. The van der Waals surface area contributed by atoms with Crippen molar-refractivity contribution in [3.63, 3.8) is 0 Å². The van der Waals surface area contributed by atoms with Crippen molar-refractivity contribution in [3.8, 4) is 23.0 Å². The number of aliphatic hydroxyl groups is 2. The maximum Gasteiger partial charge on any atom is 0.312 e. The molecule has 6 rings (SSSR count). The Labute approximate surface area is 294 Å². The fraction of sp³-hybridized carbons (Fsp3) is 0.568. The summed E-state index contributed by atoms with van der Waals surface area (Å²) in [6, 6.07) is 1.19. The number of rotatable bonds is 2. The number of Topliss-reactive ketones (excluding diaryl/α,β-unsaturated/α-hetero) is 2. The Bertz CT molecular complexity index is 1860. The molecule has 0 aromatic heterocycles. The van der Waals surface area contributed by atoms with Crippen LogP contribution in [0.1, 0.15) is 70.3 Å². The predicted octanol–water partition coefficient (Wildman–Crippen LogP) is 3.66. The highest BCUT2D eigenvalue weighted by Crippen LogP contribution is 2.56. The number of aromatic hydroxyl groups is 2. The molecule has 0 radical (unpaired) electrons. The molecular formula is C37H45NO13. The van der Waals surface area contributed by atoms with E-state index in [9.17, 15) is 39.6 Å². The first kappa shape index (κ1) is 36.4. The lowest BCUT2D eigenvalue weighted by molar-refractivity contribution is -0.160. The van der Waals surface area contributed by atoms with Crippen molar-refractivity contribution in [2.45, 2.75) is 97.1 Å². The number of fused-ring (bicyclic) bond motifs is 3. The number of aliphatic hydroxyl groups excluding tert-OH is 2. The number of hydrogen-bond acceptors (Lipinski definition) is 13. The van der Waals surface area contributed by atoms with Gasteiger partial charge in [0.15, 0.2) is 11.4 Å². The summed E-state index contributed by atoms with van der Waals surface area (Å²) in [7, 11) is 1.43. The van der Waals surface area contributed by atoms with Gasteiger partial charge in [0.1, 0.15) is 29.1 Å². The second-order valence-corrected chi connectivity index (χ2v) is 14.8. The average Bonchev–Trinajstić information content (AvgIpc) is 3.83. The topological polar surface area (TPSA) is 207 Å². The third-order valence-corrected chi connectivity index (χ3v) is 11.2. The molecule has 5 N–H and O–H groups in total. The van der Waals surface area contributed by atoms with Crippen LogP contribution in [0, 0.1) is 36.5 Å². The Kier molecular flexibility index (Phi) is 9.04. The molecule has 0 saturated heterocycles. The predicted molar refractivity (Wildman–Crippen MR) is 180 cm³/mol. The van der Waals surface area contributed by atoms with Crippen LogP contribution in [0.5, 0.6) is 23.0 Å². The number of ether oxygens (including phenoxy) is 5. The number of nitrogens with one attached hydrogen (secondary N) is 1. The van der Waals surface area contributed by atoms with Gasteiger partial charge in [0.05, 0.1) is 47.6 Å². The molecule has 14 nitrogen and oxygen atoms in total. The number of amides is 1. The minimum Gasteiger partial charge on any atom is -0.507 e. The van der Waals surface area contributed by atoms with E-state index >= 15 is 0 Å². The molecule has 14 heteroatoms. The molecule has 276 valence electrons. The lowest BCUT2D eigenvalue weighted by Gasteiger charge is -2.37. The van der Waals surface area contributed by atoms with Crippen molar-refractivity contribution in [2.24, 2.45) is 29.6 Å². The highest BCUT2D eigenvalue weighted by atomic mass is 16.7. The van der Waals surface area contributed by atoms with Crippen LogP contribution in [0.3, 0.4) is 0 Å². The first-order valence-corrected chi connectivity index (χ1v) is 17.1. The zero-order valence-corrected chi connectivity index (χ0v) is 29.8. The Hall–Kier alpha value is -4.40. The summed E-state index contributed by atoms with van der Waals surface area (Å²) in [6.45, 7) is 10.7. The first-order chi connectivity index (χ1) is 23.8. The number of anilines is 1. The van der Waals surface area contributed by atoms with Crippen LogP contribution in [0.2, 0.25) is 0 Å². The standard InChI is InChI=1S/C37H45NO13/c1-14-24(47-8)9-10-48-37(7)34(45)27-25-22(40)12-21-33(26(25)30(44)17(4)32(27)51-37)50-36(6,35(46)38-21)13-23(41)19-11-20(19)29(43)15(2)28(42)16(3)31(14)49-18(5)39/h9-10,12,14-16,19-20,24,28-29,31,40,42-44H,11,13H2,1-8H3,(H,38,46)/t14-,15+,16-,19-,20+,24+,28-,29-,31-,36+,37+/m1/s1. The van der Waals surface area contributed by atoms with E-state index in [4.69, 9.17) is 23.7 Å². The van der Waals surface area contributed by atoms with Crippen molar-refractivity contribution in [2.75, 3.05) is 12.4 Å². The molecule has 1 saturated carbocycles. The second-order valence-electron chi connectivity index (χ2n) is 14.8. The molecule has 0 spiro atoms. The number of methoxy groups -OCH3 is 1. The van der Waals surface area contributed by atoms with E-state index in [0.29, 0.717) is 6.42 Å². The van der Waals surface area contributed by atoms with Gasteiger partial charge in [-0.1, -0.05) is 20.8 Å². The first-order valence-electron chi connectivity index (χ1n) is 17.1.